The van der Waals surface area contributed by atoms with Crippen LogP contribution in [0, 0.1) is 13.8 Å². The number of carbonyl (C=O) groups excluding carboxylic acids is 1. The number of carbonyl (C=O) groups is 1. The van der Waals surface area contributed by atoms with Crippen molar-refractivity contribution in [2.75, 3.05) is 7.11 Å². The molecule has 0 spiro atoms. The Morgan fingerprint density at radius 2 is 1.74 bits per heavy atom. The number of rotatable bonds is 5. The lowest BCUT2D eigenvalue weighted by atomic mass is 10.1. The number of aryl methyl sites for hydroxylation is 2. The smallest absolute Gasteiger partial charge is 0.267 e. The van der Waals surface area contributed by atoms with Crippen LogP contribution in [0.2, 0.25) is 0 Å². The molecule has 3 aromatic rings. The van der Waals surface area contributed by atoms with E-state index in [1.807, 2.05) is 92.7 Å². The first-order chi connectivity index (χ1) is 15.0. The number of amidine groups is 1. The molecule has 0 unspecified atom stereocenters. The Morgan fingerprint density at radius 1 is 1.00 bits per heavy atom. The zero-order valence-electron chi connectivity index (χ0n) is 17.8. The van der Waals surface area contributed by atoms with E-state index in [0.717, 1.165) is 28.1 Å². The Balaban J connectivity index is 1.70. The molecule has 0 N–H and O–H groups in total. The number of methoxy groups -OCH3 is 1. The number of benzene rings is 3. The number of amides is 1. The summed E-state index contributed by atoms with van der Waals surface area (Å²) in [6.45, 7) is 4.54. The molecule has 5 heteroatoms. The minimum atomic E-state index is -0.0325. The van der Waals surface area contributed by atoms with E-state index < -0.39 is 0 Å². The number of hydrogen-bond acceptors (Lipinski definition) is 4. The van der Waals surface area contributed by atoms with Crippen molar-refractivity contribution in [3.05, 3.63) is 100.0 Å². The summed E-state index contributed by atoms with van der Waals surface area (Å²) < 4.78 is 5.30. The first kappa shape index (κ1) is 20.9. The first-order valence-corrected chi connectivity index (χ1v) is 10.9. The van der Waals surface area contributed by atoms with Crippen LogP contribution in [0.15, 0.2) is 82.7 Å². The first-order valence-electron chi connectivity index (χ1n) is 10.1. The van der Waals surface area contributed by atoms with Crippen molar-refractivity contribution in [1.29, 1.82) is 0 Å². The zero-order chi connectivity index (χ0) is 21.8. The number of hydrogen-bond donors (Lipinski definition) is 0. The molecule has 156 valence electrons. The summed E-state index contributed by atoms with van der Waals surface area (Å²) in [7, 11) is 1.65. The van der Waals surface area contributed by atoms with Gasteiger partial charge in [-0.25, -0.2) is 4.99 Å². The van der Waals surface area contributed by atoms with E-state index in [1.54, 1.807) is 12.0 Å². The Morgan fingerprint density at radius 3 is 2.42 bits per heavy atom. The lowest BCUT2D eigenvalue weighted by Crippen LogP contribution is -2.28. The molecule has 4 nitrogen and oxygen atoms in total. The molecule has 0 bridgehead atoms. The minimum Gasteiger partial charge on any atom is -0.497 e. The van der Waals surface area contributed by atoms with Crippen molar-refractivity contribution < 1.29 is 9.53 Å². The van der Waals surface area contributed by atoms with Crippen LogP contribution in [-0.4, -0.2) is 23.1 Å². The number of thioether (sulfide) groups is 1. The van der Waals surface area contributed by atoms with Gasteiger partial charge in [0.25, 0.3) is 5.91 Å². The molecular weight excluding hydrogens is 404 g/mol. The molecular formula is C26H24N2O2S. The zero-order valence-corrected chi connectivity index (χ0v) is 18.6. The fourth-order valence-electron chi connectivity index (χ4n) is 3.30. The van der Waals surface area contributed by atoms with Gasteiger partial charge in [-0.15, -0.1) is 0 Å². The van der Waals surface area contributed by atoms with Crippen LogP contribution in [0.4, 0.5) is 5.69 Å². The summed E-state index contributed by atoms with van der Waals surface area (Å²) >= 11 is 1.41. The third-order valence-electron chi connectivity index (χ3n) is 5.09. The molecule has 1 amide bonds. The third-order valence-corrected chi connectivity index (χ3v) is 6.10. The molecule has 0 radical (unpaired) electrons. The minimum absolute atomic E-state index is 0.0325. The molecule has 4 rings (SSSR count). The SMILES string of the molecule is COc1ccc(/C=C2/SC(=Nc3ccc(C)cc3)N(Cc3ccccc3)C2=O)c(C)c1. The van der Waals surface area contributed by atoms with Gasteiger partial charge in [0.05, 0.1) is 24.2 Å². The highest BCUT2D eigenvalue weighted by molar-refractivity contribution is 8.18. The van der Waals surface area contributed by atoms with Crippen LogP contribution in [0.5, 0.6) is 5.75 Å². The van der Waals surface area contributed by atoms with Crippen LogP contribution in [0.25, 0.3) is 6.08 Å². The number of nitrogens with zero attached hydrogens (tertiary/aromatic N) is 2. The molecule has 0 aliphatic carbocycles. The predicted octanol–water partition coefficient (Wildman–Crippen LogP) is 6.12. The maximum Gasteiger partial charge on any atom is 0.267 e. The van der Waals surface area contributed by atoms with Crippen LogP contribution in [-0.2, 0) is 11.3 Å². The van der Waals surface area contributed by atoms with Crippen molar-refractivity contribution >= 4 is 34.6 Å². The lowest BCUT2D eigenvalue weighted by Gasteiger charge is -2.15. The van der Waals surface area contributed by atoms with Crippen molar-refractivity contribution in [2.45, 2.75) is 20.4 Å². The molecule has 1 aliphatic rings. The maximum atomic E-state index is 13.3. The Bertz CT molecular complexity index is 1150. The quantitative estimate of drug-likeness (QED) is 0.460. The summed E-state index contributed by atoms with van der Waals surface area (Å²) in [4.78, 5) is 20.5. The average molecular weight is 429 g/mol. The van der Waals surface area contributed by atoms with E-state index >= 15 is 0 Å². The summed E-state index contributed by atoms with van der Waals surface area (Å²) in [6, 6.07) is 23.9. The normalized spacial score (nSPS) is 16.4. The van der Waals surface area contributed by atoms with Gasteiger partial charge < -0.3 is 4.74 Å². The molecule has 3 aromatic carbocycles. The molecule has 1 heterocycles. The highest BCUT2D eigenvalue weighted by Crippen LogP contribution is 2.36. The van der Waals surface area contributed by atoms with Crippen LogP contribution in [0.1, 0.15) is 22.3 Å². The van der Waals surface area contributed by atoms with E-state index in [1.165, 1.54) is 17.3 Å². The Labute approximate surface area is 187 Å². The average Bonchev–Trinajstić information content (AvgIpc) is 3.06. The number of aliphatic imine (C=N–C) groups is 1. The molecule has 0 aromatic heterocycles. The van der Waals surface area contributed by atoms with E-state index in [4.69, 9.17) is 9.73 Å². The molecule has 0 saturated carbocycles. The van der Waals surface area contributed by atoms with Crippen LogP contribution < -0.4 is 4.74 Å². The van der Waals surface area contributed by atoms with E-state index in [9.17, 15) is 4.79 Å². The van der Waals surface area contributed by atoms with Gasteiger partial charge in [0.1, 0.15) is 5.75 Å². The Hall–Kier alpha value is -3.31. The van der Waals surface area contributed by atoms with E-state index in [0.29, 0.717) is 16.6 Å². The van der Waals surface area contributed by atoms with Gasteiger partial charge in [-0.2, -0.15) is 0 Å². The molecule has 31 heavy (non-hydrogen) atoms. The fraction of sp³-hybridized carbons (Fsp3) is 0.154. The monoisotopic (exact) mass is 428 g/mol. The van der Waals surface area contributed by atoms with Crippen molar-refractivity contribution in [3.8, 4) is 5.75 Å². The summed E-state index contributed by atoms with van der Waals surface area (Å²) in [5.74, 6) is 0.771. The van der Waals surface area contributed by atoms with Gasteiger partial charge >= 0.3 is 0 Å². The van der Waals surface area contributed by atoms with Crippen LogP contribution >= 0.6 is 11.8 Å². The summed E-state index contributed by atoms with van der Waals surface area (Å²) in [5, 5.41) is 0.690. The second kappa shape index (κ2) is 9.23. The Kier molecular flexibility index (Phi) is 6.23. The fourth-order valence-corrected chi connectivity index (χ4v) is 4.29. The molecule has 1 aliphatic heterocycles. The predicted molar refractivity (Wildman–Crippen MR) is 129 cm³/mol. The van der Waals surface area contributed by atoms with E-state index in [-0.39, 0.29) is 5.91 Å². The second-order valence-corrected chi connectivity index (χ2v) is 8.45. The van der Waals surface area contributed by atoms with Crippen LogP contribution in [0.3, 0.4) is 0 Å². The highest BCUT2D eigenvalue weighted by Gasteiger charge is 2.33. The van der Waals surface area contributed by atoms with E-state index in [2.05, 4.69) is 0 Å². The molecule has 1 saturated heterocycles. The lowest BCUT2D eigenvalue weighted by molar-refractivity contribution is -0.122. The van der Waals surface area contributed by atoms with Crippen molar-refractivity contribution in [1.82, 2.24) is 4.90 Å². The third kappa shape index (κ3) is 4.89. The highest BCUT2D eigenvalue weighted by atomic mass is 32.2. The standard InChI is InChI=1S/C26H24N2O2S/c1-18-9-12-22(13-10-18)27-26-28(17-20-7-5-4-6-8-20)25(29)24(31-26)16-21-11-14-23(30-3)15-19(21)2/h4-16H,17H2,1-3H3/b24-16+,27-26?. The maximum absolute atomic E-state index is 13.3. The van der Waals surface area contributed by atoms with Crippen molar-refractivity contribution in [3.63, 3.8) is 0 Å². The van der Waals surface area contributed by atoms with Gasteiger partial charge in [-0.05, 0) is 72.6 Å². The van der Waals surface area contributed by atoms with Gasteiger partial charge in [0, 0.05) is 0 Å². The summed E-state index contributed by atoms with van der Waals surface area (Å²) in [6.07, 6.45) is 1.94. The molecule has 0 atom stereocenters. The van der Waals surface area contributed by atoms with Gasteiger partial charge in [-0.1, -0.05) is 54.1 Å². The summed E-state index contributed by atoms with van der Waals surface area (Å²) in [5.41, 5.74) is 5.12. The second-order valence-electron chi connectivity index (χ2n) is 7.44. The topological polar surface area (TPSA) is 41.9 Å². The van der Waals surface area contributed by atoms with Gasteiger partial charge in [-0.3, -0.25) is 9.69 Å². The largest absolute Gasteiger partial charge is 0.497 e. The van der Waals surface area contributed by atoms with Gasteiger partial charge in [0.2, 0.25) is 0 Å². The number of ether oxygens (including phenoxy) is 1. The molecule has 1 fully saturated rings. The van der Waals surface area contributed by atoms with Crippen molar-refractivity contribution in [2.24, 2.45) is 4.99 Å². The van der Waals surface area contributed by atoms with Gasteiger partial charge in [0.15, 0.2) is 5.17 Å².